The summed E-state index contributed by atoms with van der Waals surface area (Å²) in [5.74, 6) is 0.298. The van der Waals surface area contributed by atoms with Gasteiger partial charge in [0.15, 0.2) is 17.3 Å². The average Bonchev–Trinajstić information content (AvgIpc) is 3.08. The summed E-state index contributed by atoms with van der Waals surface area (Å²) < 4.78 is 24.1. The van der Waals surface area contributed by atoms with Crippen LogP contribution in [0, 0.1) is 11.2 Å². The van der Waals surface area contributed by atoms with Crippen LogP contribution in [0.4, 0.5) is 4.39 Å². The molecule has 1 aliphatic rings. The Bertz CT molecular complexity index is 377. The van der Waals surface area contributed by atoms with Gasteiger partial charge in [-0.25, -0.2) is 4.39 Å². The Labute approximate surface area is 103 Å². The summed E-state index contributed by atoms with van der Waals surface area (Å²) in [5.41, 5.74) is 0.202. The van der Waals surface area contributed by atoms with Crippen molar-refractivity contribution < 1.29 is 13.9 Å². The molecule has 2 nitrogen and oxygen atoms in total. The van der Waals surface area contributed by atoms with Gasteiger partial charge in [0.25, 0.3) is 0 Å². The molecule has 1 saturated carbocycles. The first-order chi connectivity index (χ1) is 7.71. The van der Waals surface area contributed by atoms with E-state index in [2.05, 4.69) is 15.9 Å². The topological polar surface area (TPSA) is 18.5 Å². The van der Waals surface area contributed by atoms with E-state index in [9.17, 15) is 4.39 Å². The zero-order chi connectivity index (χ0) is 11.6. The summed E-state index contributed by atoms with van der Waals surface area (Å²) in [6.07, 6.45) is 2.27. The number of benzene rings is 1. The zero-order valence-electron chi connectivity index (χ0n) is 9.13. The molecule has 0 aliphatic heterocycles. The third-order valence-corrected chi connectivity index (χ3v) is 4.10. The molecule has 1 fully saturated rings. The number of ether oxygens (including phenoxy) is 2. The van der Waals surface area contributed by atoms with E-state index in [-0.39, 0.29) is 17.0 Å². The summed E-state index contributed by atoms with van der Waals surface area (Å²) >= 11 is 3.46. The second-order valence-corrected chi connectivity index (χ2v) is 4.75. The van der Waals surface area contributed by atoms with Crippen molar-refractivity contribution in [3.63, 3.8) is 0 Å². The van der Waals surface area contributed by atoms with Crippen LogP contribution in [0.5, 0.6) is 11.5 Å². The number of hydrogen-bond acceptors (Lipinski definition) is 2. The number of para-hydroxylation sites is 1. The maximum atomic E-state index is 13.5. The van der Waals surface area contributed by atoms with Crippen LogP contribution in [-0.4, -0.2) is 19.0 Å². The molecule has 0 atom stereocenters. The largest absolute Gasteiger partial charge is 0.493 e. The van der Waals surface area contributed by atoms with Crippen molar-refractivity contribution >= 4 is 15.9 Å². The van der Waals surface area contributed by atoms with Gasteiger partial charge in [-0.1, -0.05) is 22.0 Å². The molecule has 16 heavy (non-hydrogen) atoms. The predicted octanol–water partition coefficient (Wildman–Crippen LogP) is 3.39. The van der Waals surface area contributed by atoms with Gasteiger partial charge in [0.2, 0.25) is 0 Å². The van der Waals surface area contributed by atoms with Gasteiger partial charge in [0, 0.05) is 10.7 Å². The number of rotatable bonds is 5. The summed E-state index contributed by atoms with van der Waals surface area (Å²) in [7, 11) is 1.51. The predicted molar refractivity (Wildman–Crippen MR) is 63.9 cm³/mol. The fraction of sp³-hybridized carbons (Fsp3) is 0.500. The molecule has 0 bridgehead atoms. The zero-order valence-corrected chi connectivity index (χ0v) is 10.7. The molecule has 0 radical (unpaired) electrons. The quantitative estimate of drug-likeness (QED) is 0.774. The van der Waals surface area contributed by atoms with E-state index in [4.69, 9.17) is 9.47 Å². The van der Waals surface area contributed by atoms with Crippen molar-refractivity contribution in [1.82, 2.24) is 0 Å². The second-order valence-electron chi connectivity index (χ2n) is 4.19. The van der Waals surface area contributed by atoms with Gasteiger partial charge in [-0.15, -0.1) is 0 Å². The Morgan fingerprint density at radius 3 is 2.75 bits per heavy atom. The molecule has 1 aromatic carbocycles. The molecular weight excluding hydrogens is 275 g/mol. The lowest BCUT2D eigenvalue weighted by molar-refractivity contribution is 0.229. The normalized spacial score (nSPS) is 16.9. The van der Waals surface area contributed by atoms with Gasteiger partial charge in [0.05, 0.1) is 13.7 Å². The number of halogens is 2. The van der Waals surface area contributed by atoms with Crippen LogP contribution in [-0.2, 0) is 0 Å². The first-order valence-electron chi connectivity index (χ1n) is 5.22. The van der Waals surface area contributed by atoms with Crippen molar-refractivity contribution in [3.8, 4) is 11.5 Å². The highest BCUT2D eigenvalue weighted by Crippen LogP contribution is 2.47. The van der Waals surface area contributed by atoms with Gasteiger partial charge in [-0.2, -0.15) is 0 Å². The van der Waals surface area contributed by atoms with Gasteiger partial charge in [-0.05, 0) is 25.0 Å². The standard InChI is InChI=1S/C12H14BrFO2/c1-15-10-4-2-3-9(14)11(10)16-8-12(7-13)5-6-12/h2-4H,5-8H2,1H3. The summed E-state index contributed by atoms with van der Waals surface area (Å²) in [4.78, 5) is 0. The minimum absolute atomic E-state index is 0.202. The monoisotopic (exact) mass is 288 g/mol. The summed E-state index contributed by atoms with van der Waals surface area (Å²) in [6, 6.07) is 4.69. The van der Waals surface area contributed by atoms with E-state index in [0.717, 1.165) is 18.2 Å². The molecule has 0 aromatic heterocycles. The van der Waals surface area contributed by atoms with Gasteiger partial charge in [-0.3, -0.25) is 0 Å². The van der Waals surface area contributed by atoms with E-state index in [1.165, 1.54) is 13.2 Å². The highest BCUT2D eigenvalue weighted by atomic mass is 79.9. The van der Waals surface area contributed by atoms with Crippen LogP contribution in [0.1, 0.15) is 12.8 Å². The van der Waals surface area contributed by atoms with Crippen LogP contribution in [0.15, 0.2) is 18.2 Å². The minimum atomic E-state index is -0.371. The lowest BCUT2D eigenvalue weighted by Crippen LogP contribution is -2.15. The average molecular weight is 289 g/mol. The molecular formula is C12H14BrFO2. The van der Waals surface area contributed by atoms with Crippen LogP contribution >= 0.6 is 15.9 Å². The number of hydrogen-bond donors (Lipinski definition) is 0. The van der Waals surface area contributed by atoms with Crippen molar-refractivity contribution in [2.75, 3.05) is 19.0 Å². The van der Waals surface area contributed by atoms with E-state index >= 15 is 0 Å². The number of methoxy groups -OCH3 is 1. The maximum Gasteiger partial charge on any atom is 0.197 e. The molecule has 2 rings (SSSR count). The first kappa shape index (κ1) is 11.7. The molecule has 0 spiro atoms. The van der Waals surface area contributed by atoms with E-state index in [1.807, 2.05) is 0 Å². The van der Waals surface area contributed by atoms with E-state index in [0.29, 0.717) is 12.4 Å². The SMILES string of the molecule is COc1cccc(F)c1OCC1(CBr)CC1. The van der Waals surface area contributed by atoms with Gasteiger partial charge >= 0.3 is 0 Å². The molecule has 88 valence electrons. The fourth-order valence-electron chi connectivity index (χ4n) is 1.51. The van der Waals surface area contributed by atoms with Crippen LogP contribution in [0.3, 0.4) is 0 Å². The smallest absolute Gasteiger partial charge is 0.197 e. The van der Waals surface area contributed by atoms with Crippen LogP contribution in [0.25, 0.3) is 0 Å². The van der Waals surface area contributed by atoms with Crippen molar-refractivity contribution in [2.45, 2.75) is 12.8 Å². The molecule has 0 amide bonds. The molecule has 4 heteroatoms. The molecule has 1 aliphatic carbocycles. The maximum absolute atomic E-state index is 13.5. The minimum Gasteiger partial charge on any atom is -0.493 e. The van der Waals surface area contributed by atoms with Crippen molar-refractivity contribution in [3.05, 3.63) is 24.0 Å². The lowest BCUT2D eigenvalue weighted by atomic mass is 10.2. The molecule has 0 N–H and O–H groups in total. The summed E-state index contributed by atoms with van der Waals surface area (Å²) in [6.45, 7) is 0.537. The highest BCUT2D eigenvalue weighted by molar-refractivity contribution is 9.09. The van der Waals surface area contributed by atoms with Crippen molar-refractivity contribution in [2.24, 2.45) is 5.41 Å². The Kier molecular flexibility index (Phi) is 3.38. The number of alkyl halides is 1. The van der Waals surface area contributed by atoms with Crippen molar-refractivity contribution in [1.29, 1.82) is 0 Å². The molecule has 0 unspecified atom stereocenters. The van der Waals surface area contributed by atoms with Crippen LogP contribution in [0.2, 0.25) is 0 Å². The molecule has 0 saturated heterocycles. The van der Waals surface area contributed by atoms with Crippen LogP contribution < -0.4 is 9.47 Å². The third-order valence-electron chi connectivity index (χ3n) is 2.91. The van der Waals surface area contributed by atoms with Gasteiger partial charge < -0.3 is 9.47 Å². The fourth-order valence-corrected chi connectivity index (χ4v) is 2.23. The Balaban J connectivity index is 2.08. The second kappa shape index (κ2) is 4.62. The van der Waals surface area contributed by atoms with Gasteiger partial charge in [0.1, 0.15) is 0 Å². The first-order valence-corrected chi connectivity index (χ1v) is 6.34. The Morgan fingerprint density at radius 2 is 2.19 bits per heavy atom. The third kappa shape index (κ3) is 2.32. The summed E-state index contributed by atoms with van der Waals surface area (Å²) in [5, 5.41) is 0.900. The lowest BCUT2D eigenvalue weighted by Gasteiger charge is -2.15. The Morgan fingerprint density at radius 1 is 1.44 bits per heavy atom. The molecule has 1 aromatic rings. The highest BCUT2D eigenvalue weighted by Gasteiger charge is 2.42. The van der Waals surface area contributed by atoms with E-state index < -0.39 is 0 Å². The Hall–Kier alpha value is -0.770. The van der Waals surface area contributed by atoms with E-state index in [1.54, 1.807) is 12.1 Å². The molecule has 0 heterocycles.